The molecule has 2 nitrogen and oxygen atoms in total. The van der Waals surface area contributed by atoms with E-state index in [0.29, 0.717) is 0 Å². The third-order valence-corrected chi connectivity index (χ3v) is 3.59. The van der Waals surface area contributed by atoms with Gasteiger partial charge in [-0.3, -0.25) is 4.98 Å². The summed E-state index contributed by atoms with van der Waals surface area (Å²) in [5.41, 5.74) is 4.89. The molecule has 1 aromatic heterocycles. The van der Waals surface area contributed by atoms with Crippen molar-refractivity contribution < 1.29 is 0 Å². The number of nitrogens with zero attached hydrogens (tertiary/aromatic N) is 1. The van der Waals surface area contributed by atoms with Gasteiger partial charge in [0.05, 0.1) is 6.04 Å². The molecule has 0 aliphatic rings. The Morgan fingerprint density at radius 2 is 1.89 bits per heavy atom. The van der Waals surface area contributed by atoms with Gasteiger partial charge in [-0.1, -0.05) is 24.6 Å². The highest BCUT2D eigenvalue weighted by Gasteiger charge is 2.17. The van der Waals surface area contributed by atoms with Crippen molar-refractivity contribution in [2.24, 2.45) is 0 Å². The lowest BCUT2D eigenvalue weighted by atomic mass is 9.93. The second kappa shape index (κ2) is 6.18. The standard InChI is InChI=1S/C16H19ClN2/c1-4-19-16(15-10-18-8-7-12(15)3)14-9-13(17)6-5-11(14)2/h5-10,16,19H,4H2,1-3H3. The number of nitrogens with one attached hydrogen (secondary N) is 1. The first-order valence-corrected chi connectivity index (χ1v) is 6.91. The van der Waals surface area contributed by atoms with Gasteiger partial charge in [0.1, 0.15) is 0 Å². The number of aryl methyl sites for hydroxylation is 2. The quantitative estimate of drug-likeness (QED) is 0.910. The normalized spacial score (nSPS) is 12.4. The minimum absolute atomic E-state index is 0.136. The summed E-state index contributed by atoms with van der Waals surface area (Å²) in [6.07, 6.45) is 3.76. The Morgan fingerprint density at radius 1 is 1.16 bits per heavy atom. The summed E-state index contributed by atoms with van der Waals surface area (Å²) < 4.78 is 0. The summed E-state index contributed by atoms with van der Waals surface area (Å²) >= 11 is 6.14. The fraction of sp³-hybridized carbons (Fsp3) is 0.312. The van der Waals surface area contributed by atoms with Gasteiger partial charge in [0.15, 0.2) is 0 Å². The third-order valence-electron chi connectivity index (χ3n) is 3.35. The molecule has 1 atom stereocenters. The van der Waals surface area contributed by atoms with Gasteiger partial charge in [-0.2, -0.15) is 0 Å². The summed E-state index contributed by atoms with van der Waals surface area (Å²) in [5.74, 6) is 0. The second-order valence-electron chi connectivity index (χ2n) is 4.72. The highest BCUT2D eigenvalue weighted by atomic mass is 35.5. The van der Waals surface area contributed by atoms with Crippen molar-refractivity contribution in [2.75, 3.05) is 6.54 Å². The number of hydrogen-bond acceptors (Lipinski definition) is 2. The van der Waals surface area contributed by atoms with Gasteiger partial charge in [-0.25, -0.2) is 0 Å². The molecular formula is C16H19ClN2. The first-order valence-electron chi connectivity index (χ1n) is 6.53. The number of aromatic nitrogens is 1. The Hall–Kier alpha value is -1.38. The average Bonchev–Trinajstić information content (AvgIpc) is 2.40. The van der Waals surface area contributed by atoms with E-state index in [0.717, 1.165) is 11.6 Å². The molecule has 2 aromatic rings. The molecule has 0 aliphatic heterocycles. The van der Waals surface area contributed by atoms with E-state index < -0.39 is 0 Å². The summed E-state index contributed by atoms with van der Waals surface area (Å²) in [6.45, 7) is 7.23. The van der Waals surface area contributed by atoms with E-state index in [2.05, 4.69) is 37.1 Å². The molecule has 1 aromatic carbocycles. The van der Waals surface area contributed by atoms with Gasteiger partial charge in [-0.15, -0.1) is 0 Å². The van der Waals surface area contributed by atoms with Crippen molar-refractivity contribution >= 4 is 11.6 Å². The van der Waals surface area contributed by atoms with Crippen molar-refractivity contribution in [3.05, 3.63) is 63.9 Å². The van der Waals surface area contributed by atoms with Crippen LogP contribution in [-0.2, 0) is 0 Å². The summed E-state index contributed by atoms with van der Waals surface area (Å²) in [7, 11) is 0. The second-order valence-corrected chi connectivity index (χ2v) is 5.16. The van der Waals surface area contributed by atoms with Gasteiger partial charge in [0, 0.05) is 17.4 Å². The molecule has 0 saturated heterocycles. The molecular weight excluding hydrogens is 256 g/mol. The fourth-order valence-electron chi connectivity index (χ4n) is 2.29. The van der Waals surface area contributed by atoms with Crippen molar-refractivity contribution in [2.45, 2.75) is 26.8 Å². The lowest BCUT2D eigenvalue weighted by molar-refractivity contribution is 0.622. The first kappa shape index (κ1) is 14.0. The molecule has 0 aliphatic carbocycles. The van der Waals surface area contributed by atoms with E-state index in [1.807, 2.05) is 30.6 Å². The molecule has 3 heteroatoms. The predicted octanol–water partition coefficient (Wildman–Crippen LogP) is 4.05. The molecule has 0 radical (unpaired) electrons. The van der Waals surface area contributed by atoms with Crippen LogP contribution in [0.3, 0.4) is 0 Å². The lowest BCUT2D eigenvalue weighted by Gasteiger charge is -2.22. The van der Waals surface area contributed by atoms with E-state index >= 15 is 0 Å². The van der Waals surface area contributed by atoms with Crippen LogP contribution in [0.1, 0.15) is 35.2 Å². The highest BCUT2D eigenvalue weighted by Crippen LogP contribution is 2.28. The maximum Gasteiger partial charge on any atom is 0.0597 e. The van der Waals surface area contributed by atoms with Gasteiger partial charge in [0.2, 0.25) is 0 Å². The average molecular weight is 275 g/mol. The first-order chi connectivity index (χ1) is 9.13. The molecule has 0 spiro atoms. The fourth-order valence-corrected chi connectivity index (χ4v) is 2.47. The number of pyridine rings is 1. The Balaban J connectivity index is 2.51. The molecule has 2 rings (SSSR count). The van der Waals surface area contributed by atoms with Crippen molar-refractivity contribution in [1.82, 2.24) is 10.3 Å². The van der Waals surface area contributed by atoms with Crippen molar-refractivity contribution in [3.8, 4) is 0 Å². The lowest BCUT2D eigenvalue weighted by Crippen LogP contribution is -2.23. The van der Waals surface area contributed by atoms with Crippen molar-refractivity contribution in [3.63, 3.8) is 0 Å². The van der Waals surface area contributed by atoms with Crippen LogP contribution in [0.15, 0.2) is 36.7 Å². The van der Waals surface area contributed by atoms with Crippen LogP contribution in [0.25, 0.3) is 0 Å². The Labute approximate surface area is 119 Å². The summed E-state index contributed by atoms with van der Waals surface area (Å²) in [4.78, 5) is 4.25. The molecule has 100 valence electrons. The van der Waals surface area contributed by atoms with Crippen LogP contribution in [0.2, 0.25) is 5.02 Å². The van der Waals surface area contributed by atoms with Crippen LogP contribution >= 0.6 is 11.6 Å². The molecule has 19 heavy (non-hydrogen) atoms. The monoisotopic (exact) mass is 274 g/mol. The van der Waals surface area contributed by atoms with Crippen LogP contribution in [0.4, 0.5) is 0 Å². The number of rotatable bonds is 4. The van der Waals surface area contributed by atoms with Gasteiger partial charge < -0.3 is 5.32 Å². The zero-order valence-electron chi connectivity index (χ0n) is 11.6. The summed E-state index contributed by atoms with van der Waals surface area (Å²) in [6, 6.07) is 8.21. The Bertz CT molecular complexity index is 566. The van der Waals surface area contributed by atoms with E-state index in [4.69, 9.17) is 11.6 Å². The molecule has 1 heterocycles. The number of benzene rings is 1. The third kappa shape index (κ3) is 3.14. The maximum absolute atomic E-state index is 6.14. The minimum Gasteiger partial charge on any atom is -0.306 e. The largest absolute Gasteiger partial charge is 0.306 e. The van der Waals surface area contributed by atoms with E-state index in [1.54, 1.807) is 0 Å². The molecule has 1 N–H and O–H groups in total. The van der Waals surface area contributed by atoms with Crippen LogP contribution in [0, 0.1) is 13.8 Å². The van der Waals surface area contributed by atoms with Crippen molar-refractivity contribution in [1.29, 1.82) is 0 Å². The molecule has 0 bridgehead atoms. The number of halogens is 1. The zero-order valence-corrected chi connectivity index (χ0v) is 12.3. The van der Waals surface area contributed by atoms with Gasteiger partial charge in [-0.05, 0) is 60.8 Å². The van der Waals surface area contributed by atoms with E-state index in [9.17, 15) is 0 Å². The SMILES string of the molecule is CCNC(c1cnccc1C)c1cc(Cl)ccc1C. The van der Waals surface area contributed by atoms with Crippen LogP contribution in [-0.4, -0.2) is 11.5 Å². The van der Waals surface area contributed by atoms with Gasteiger partial charge in [0.25, 0.3) is 0 Å². The van der Waals surface area contributed by atoms with Gasteiger partial charge >= 0.3 is 0 Å². The maximum atomic E-state index is 6.14. The zero-order chi connectivity index (χ0) is 13.8. The molecule has 0 saturated carbocycles. The van der Waals surface area contributed by atoms with Crippen LogP contribution < -0.4 is 5.32 Å². The smallest absolute Gasteiger partial charge is 0.0597 e. The number of hydrogen-bond donors (Lipinski definition) is 1. The predicted molar refractivity (Wildman–Crippen MR) is 80.7 cm³/mol. The molecule has 1 unspecified atom stereocenters. The molecule has 0 amide bonds. The Morgan fingerprint density at radius 3 is 2.58 bits per heavy atom. The minimum atomic E-state index is 0.136. The summed E-state index contributed by atoms with van der Waals surface area (Å²) in [5, 5.41) is 4.29. The molecule has 0 fully saturated rings. The topological polar surface area (TPSA) is 24.9 Å². The highest BCUT2D eigenvalue weighted by molar-refractivity contribution is 6.30. The Kier molecular flexibility index (Phi) is 4.56. The van der Waals surface area contributed by atoms with Crippen LogP contribution in [0.5, 0.6) is 0 Å². The van der Waals surface area contributed by atoms with E-state index in [1.165, 1.54) is 22.3 Å². The van der Waals surface area contributed by atoms with E-state index in [-0.39, 0.29) is 6.04 Å².